The number of imidazole rings is 1. The van der Waals surface area contributed by atoms with Crippen LogP contribution in [0, 0.1) is 0 Å². The van der Waals surface area contributed by atoms with E-state index in [-0.39, 0.29) is 12.1 Å². The van der Waals surface area contributed by atoms with Gasteiger partial charge in [0, 0.05) is 24.4 Å². The van der Waals surface area contributed by atoms with E-state index < -0.39 is 35.3 Å². The van der Waals surface area contributed by atoms with Gasteiger partial charge in [0.1, 0.15) is 5.69 Å². The molecule has 1 atom stereocenters. The number of nitrogens with one attached hydrogen (secondary N) is 3. The number of amides is 4. The summed E-state index contributed by atoms with van der Waals surface area (Å²) < 4.78 is 40.0. The molecule has 0 radical (unpaired) electrons. The highest BCUT2D eigenvalue weighted by Gasteiger charge is 2.50. The molecule has 3 aromatic rings. The van der Waals surface area contributed by atoms with Crippen molar-refractivity contribution in [2.24, 2.45) is 7.05 Å². The number of carbonyl (C=O) groups excluding carboxylic acids is 3. The van der Waals surface area contributed by atoms with Gasteiger partial charge in [-0.3, -0.25) is 19.9 Å². The molecule has 0 bridgehead atoms. The Hall–Kier alpha value is -4.22. The zero-order chi connectivity index (χ0) is 23.8. The van der Waals surface area contributed by atoms with Crippen LogP contribution in [-0.2, 0) is 23.6 Å². The molecule has 4 amide bonds. The fourth-order valence-corrected chi connectivity index (χ4v) is 3.62. The summed E-state index contributed by atoms with van der Waals surface area (Å²) in [5.74, 6) is -1.25. The molecule has 0 spiro atoms. The van der Waals surface area contributed by atoms with Crippen LogP contribution in [0.2, 0.25) is 0 Å². The quantitative estimate of drug-likeness (QED) is 0.506. The van der Waals surface area contributed by atoms with Crippen molar-refractivity contribution in [3.63, 3.8) is 0 Å². The summed E-state index contributed by atoms with van der Waals surface area (Å²) >= 11 is 0. The lowest BCUT2D eigenvalue weighted by Gasteiger charge is -2.26. The summed E-state index contributed by atoms with van der Waals surface area (Å²) in [7, 11) is 1.64. The Morgan fingerprint density at radius 1 is 1.15 bits per heavy atom. The third-order valence-electron chi connectivity index (χ3n) is 5.25. The second kappa shape index (κ2) is 8.04. The maximum Gasteiger partial charge on any atom is 0.433 e. The topological polar surface area (TPSA) is 118 Å². The summed E-state index contributed by atoms with van der Waals surface area (Å²) in [5.41, 5.74) is -1.46. The first kappa shape index (κ1) is 22.0. The number of aryl methyl sites for hydroxylation is 1. The first-order valence-corrected chi connectivity index (χ1v) is 9.63. The highest BCUT2D eigenvalue weighted by Crippen LogP contribution is 2.30. The number of hydrogen-bond acceptors (Lipinski definition) is 5. The lowest BCUT2D eigenvalue weighted by atomic mass is 9.94. The fourth-order valence-electron chi connectivity index (χ4n) is 3.62. The van der Waals surface area contributed by atoms with Crippen molar-refractivity contribution in [2.45, 2.75) is 11.7 Å². The second-order valence-electron chi connectivity index (χ2n) is 7.36. The standard InChI is InChI=1S/C21H17F3N6O3/c1-30-11-25-9-16(30)20(18(32)28-19(33)29-20)10-27-17(31)14-5-3-2-4-13(14)12-6-7-15(26-8-12)21(22,23)24/h2-9,11H,10H2,1H3,(H,27,31)(H2,28,29,32,33)/t20-/m1/s1. The summed E-state index contributed by atoms with van der Waals surface area (Å²) in [4.78, 5) is 44.9. The van der Waals surface area contributed by atoms with E-state index in [2.05, 4.69) is 25.9 Å². The molecule has 1 aliphatic heterocycles. The van der Waals surface area contributed by atoms with Gasteiger partial charge in [0.25, 0.3) is 11.8 Å². The molecule has 33 heavy (non-hydrogen) atoms. The van der Waals surface area contributed by atoms with E-state index in [1.165, 1.54) is 24.7 Å². The number of nitrogens with zero attached hydrogens (tertiary/aromatic N) is 3. The average Bonchev–Trinajstić information content (AvgIpc) is 3.34. The van der Waals surface area contributed by atoms with Crippen molar-refractivity contribution < 1.29 is 27.6 Å². The third kappa shape index (κ3) is 4.02. The predicted octanol–water partition coefficient (Wildman–Crippen LogP) is 1.97. The molecule has 1 saturated heterocycles. The summed E-state index contributed by atoms with van der Waals surface area (Å²) in [5, 5.41) is 7.34. The number of aromatic nitrogens is 3. The summed E-state index contributed by atoms with van der Waals surface area (Å²) in [6, 6.07) is 7.63. The maximum atomic E-state index is 13.0. The minimum Gasteiger partial charge on any atom is -0.349 e. The summed E-state index contributed by atoms with van der Waals surface area (Å²) in [6.07, 6.45) is -0.693. The van der Waals surface area contributed by atoms with Crippen molar-refractivity contribution in [1.82, 2.24) is 30.5 Å². The van der Waals surface area contributed by atoms with Gasteiger partial charge in [-0.15, -0.1) is 0 Å². The number of carbonyl (C=O) groups is 3. The van der Waals surface area contributed by atoms with Crippen molar-refractivity contribution >= 4 is 17.8 Å². The Bertz CT molecular complexity index is 1240. The smallest absolute Gasteiger partial charge is 0.349 e. The van der Waals surface area contributed by atoms with Crippen molar-refractivity contribution in [2.75, 3.05) is 6.54 Å². The van der Waals surface area contributed by atoms with E-state index in [0.717, 1.165) is 12.3 Å². The van der Waals surface area contributed by atoms with Crippen LogP contribution >= 0.6 is 0 Å². The van der Waals surface area contributed by atoms with Gasteiger partial charge in [0.05, 0.1) is 24.8 Å². The van der Waals surface area contributed by atoms with Crippen LogP contribution in [0.5, 0.6) is 0 Å². The van der Waals surface area contributed by atoms with Gasteiger partial charge < -0.3 is 15.2 Å². The molecule has 9 nitrogen and oxygen atoms in total. The minimum atomic E-state index is -4.58. The van der Waals surface area contributed by atoms with Crippen LogP contribution in [0.25, 0.3) is 11.1 Å². The van der Waals surface area contributed by atoms with Crippen LogP contribution < -0.4 is 16.0 Å². The Kier molecular flexibility index (Phi) is 5.36. The van der Waals surface area contributed by atoms with Gasteiger partial charge in [-0.1, -0.05) is 24.3 Å². The molecule has 3 heterocycles. The zero-order valence-corrected chi connectivity index (χ0v) is 17.1. The van der Waals surface area contributed by atoms with Crippen molar-refractivity contribution in [3.05, 3.63) is 72.1 Å². The van der Waals surface area contributed by atoms with Gasteiger partial charge in [-0.2, -0.15) is 13.2 Å². The third-order valence-corrected chi connectivity index (χ3v) is 5.25. The lowest BCUT2D eigenvalue weighted by molar-refractivity contribution is -0.141. The van der Waals surface area contributed by atoms with Gasteiger partial charge >= 0.3 is 12.2 Å². The first-order valence-electron chi connectivity index (χ1n) is 9.63. The average molecular weight is 458 g/mol. The van der Waals surface area contributed by atoms with E-state index >= 15 is 0 Å². The van der Waals surface area contributed by atoms with Crippen LogP contribution in [0.3, 0.4) is 0 Å². The number of imide groups is 1. The second-order valence-corrected chi connectivity index (χ2v) is 7.36. The number of rotatable bonds is 5. The fraction of sp³-hybridized carbons (Fsp3) is 0.190. The monoisotopic (exact) mass is 458 g/mol. The number of urea groups is 1. The Labute approximate surface area is 185 Å². The molecular formula is C21H17F3N6O3. The highest BCUT2D eigenvalue weighted by molar-refractivity contribution is 6.08. The van der Waals surface area contributed by atoms with Gasteiger partial charge in [-0.05, 0) is 17.7 Å². The minimum absolute atomic E-state index is 0.156. The first-order chi connectivity index (χ1) is 15.6. The van der Waals surface area contributed by atoms with Crippen LogP contribution in [-0.4, -0.2) is 38.9 Å². The maximum absolute atomic E-state index is 13.0. The normalized spacial score (nSPS) is 18.1. The molecule has 1 fully saturated rings. The van der Waals surface area contributed by atoms with Crippen molar-refractivity contribution in [1.29, 1.82) is 0 Å². The Morgan fingerprint density at radius 3 is 2.48 bits per heavy atom. The van der Waals surface area contributed by atoms with Gasteiger partial charge in [-0.25, -0.2) is 9.78 Å². The van der Waals surface area contributed by atoms with Crippen molar-refractivity contribution in [3.8, 4) is 11.1 Å². The number of pyridine rings is 1. The molecule has 170 valence electrons. The Morgan fingerprint density at radius 2 is 1.91 bits per heavy atom. The van der Waals surface area contributed by atoms with Gasteiger partial charge in [0.15, 0.2) is 5.54 Å². The van der Waals surface area contributed by atoms with E-state index in [1.807, 2.05) is 0 Å². The van der Waals surface area contributed by atoms with E-state index in [9.17, 15) is 27.6 Å². The highest BCUT2D eigenvalue weighted by atomic mass is 19.4. The molecule has 1 aliphatic rings. The molecule has 3 N–H and O–H groups in total. The molecule has 0 saturated carbocycles. The molecule has 4 rings (SSSR count). The predicted molar refractivity (Wildman–Crippen MR) is 109 cm³/mol. The molecule has 12 heteroatoms. The molecule has 1 aromatic carbocycles. The van der Waals surface area contributed by atoms with E-state index in [1.54, 1.807) is 29.8 Å². The van der Waals surface area contributed by atoms with Crippen LogP contribution in [0.1, 0.15) is 21.7 Å². The summed E-state index contributed by atoms with van der Waals surface area (Å²) in [6.45, 7) is -0.289. The lowest BCUT2D eigenvalue weighted by Crippen LogP contribution is -2.53. The number of benzene rings is 1. The number of halogens is 3. The number of alkyl halides is 3. The van der Waals surface area contributed by atoms with Crippen LogP contribution in [0.15, 0.2) is 55.1 Å². The molecule has 2 aromatic heterocycles. The molecule has 0 unspecified atom stereocenters. The van der Waals surface area contributed by atoms with Crippen LogP contribution in [0.4, 0.5) is 18.0 Å². The molecular weight excluding hydrogens is 441 g/mol. The Balaban J connectivity index is 1.61. The number of hydrogen-bond donors (Lipinski definition) is 3. The zero-order valence-electron chi connectivity index (χ0n) is 17.1. The SMILES string of the molecule is Cn1cncc1[C@@]1(CNC(=O)c2ccccc2-c2ccc(C(F)(F)F)nc2)NC(=O)NC1=O. The molecule has 0 aliphatic carbocycles. The van der Waals surface area contributed by atoms with E-state index in [0.29, 0.717) is 16.8 Å². The van der Waals surface area contributed by atoms with E-state index in [4.69, 9.17) is 0 Å². The van der Waals surface area contributed by atoms with Gasteiger partial charge in [0.2, 0.25) is 0 Å². The largest absolute Gasteiger partial charge is 0.433 e.